The smallest absolute Gasteiger partial charge is 0.181 e. The van der Waals surface area contributed by atoms with E-state index < -0.39 is 8.07 Å². The molecule has 0 N–H and O–H groups in total. The molecule has 12 rings (SSSR count). The summed E-state index contributed by atoms with van der Waals surface area (Å²) < 4.78 is 5.09. The molecule has 0 radical (unpaired) electrons. The molecule has 3 heteroatoms. The SMILES string of the molecule is c1ccc(-c2cccc(-n3c4cc(-c5ccccc5)ccc4c4c(-n5c6ccccc6c6cccc([Si](c7ccccc7)(c7ccccc7)c7ccccc7)c65)cccc43)c2)cc1. The second-order valence-corrected chi connectivity index (χ2v) is 20.2. The van der Waals surface area contributed by atoms with Crippen LogP contribution in [0.2, 0.25) is 0 Å². The summed E-state index contributed by atoms with van der Waals surface area (Å²) in [5.74, 6) is 0. The van der Waals surface area contributed by atoms with Crippen molar-refractivity contribution in [2.24, 2.45) is 0 Å². The van der Waals surface area contributed by atoms with Gasteiger partial charge in [-0.05, 0) is 79.4 Å². The molecule has 2 heterocycles. The molecule has 12 aromatic rings. The van der Waals surface area contributed by atoms with E-state index in [1.807, 2.05) is 0 Å². The number of benzene rings is 10. The van der Waals surface area contributed by atoms with Gasteiger partial charge in [-0.3, -0.25) is 0 Å². The summed E-state index contributed by atoms with van der Waals surface area (Å²) >= 11 is 0. The molecule has 0 spiro atoms. The van der Waals surface area contributed by atoms with Crippen LogP contribution in [0, 0.1) is 0 Å². The summed E-state index contributed by atoms with van der Waals surface area (Å²) in [6.07, 6.45) is 0. The van der Waals surface area contributed by atoms with Gasteiger partial charge in [-0.15, -0.1) is 0 Å². The predicted molar refractivity (Wildman–Crippen MR) is 270 cm³/mol. The molecule has 63 heavy (non-hydrogen) atoms. The van der Waals surface area contributed by atoms with Crippen LogP contribution in [-0.4, -0.2) is 17.2 Å². The lowest BCUT2D eigenvalue weighted by Gasteiger charge is -2.35. The molecule has 0 saturated heterocycles. The minimum atomic E-state index is -2.97. The van der Waals surface area contributed by atoms with Gasteiger partial charge in [0.25, 0.3) is 0 Å². The predicted octanol–water partition coefficient (Wildman–Crippen LogP) is 12.6. The number of para-hydroxylation sites is 2. The van der Waals surface area contributed by atoms with Gasteiger partial charge in [0, 0.05) is 27.2 Å². The van der Waals surface area contributed by atoms with Gasteiger partial charge in [-0.25, -0.2) is 0 Å². The summed E-state index contributed by atoms with van der Waals surface area (Å²) in [6, 6.07) is 94.4. The molecule has 0 aliphatic heterocycles. The first-order chi connectivity index (χ1) is 31.3. The van der Waals surface area contributed by atoms with E-state index >= 15 is 0 Å². The van der Waals surface area contributed by atoms with Crippen LogP contribution in [-0.2, 0) is 0 Å². The molecule has 0 amide bonds. The van der Waals surface area contributed by atoms with Crippen molar-refractivity contribution in [2.75, 3.05) is 0 Å². The first kappa shape index (κ1) is 36.8. The van der Waals surface area contributed by atoms with Gasteiger partial charge < -0.3 is 9.13 Å². The average molecular weight is 819 g/mol. The normalized spacial score (nSPS) is 11.8. The van der Waals surface area contributed by atoms with E-state index in [1.54, 1.807) is 0 Å². The zero-order valence-corrected chi connectivity index (χ0v) is 35.6. The topological polar surface area (TPSA) is 9.86 Å². The van der Waals surface area contributed by atoms with Crippen LogP contribution in [0.3, 0.4) is 0 Å². The Morgan fingerprint density at radius 3 is 1.41 bits per heavy atom. The van der Waals surface area contributed by atoms with Crippen molar-refractivity contribution >= 4 is 72.4 Å². The van der Waals surface area contributed by atoms with Gasteiger partial charge in [0.1, 0.15) is 0 Å². The van der Waals surface area contributed by atoms with Crippen molar-refractivity contribution in [3.05, 3.63) is 255 Å². The van der Waals surface area contributed by atoms with E-state index in [9.17, 15) is 0 Å². The largest absolute Gasteiger partial charge is 0.309 e. The van der Waals surface area contributed by atoms with Crippen LogP contribution in [0.5, 0.6) is 0 Å². The van der Waals surface area contributed by atoms with E-state index in [2.05, 4.69) is 264 Å². The Labute approximate surface area is 368 Å². The molecule has 296 valence electrons. The third-order valence-electron chi connectivity index (χ3n) is 13.0. The van der Waals surface area contributed by atoms with Gasteiger partial charge in [0.05, 0.1) is 27.8 Å². The maximum atomic E-state index is 2.61. The Hall–Kier alpha value is -7.98. The molecule has 0 aliphatic carbocycles. The molecular formula is C60H42N2Si. The first-order valence-corrected chi connectivity index (χ1v) is 23.8. The maximum Gasteiger partial charge on any atom is 0.181 e. The van der Waals surface area contributed by atoms with E-state index in [1.165, 1.54) is 92.3 Å². The van der Waals surface area contributed by atoms with Crippen LogP contribution in [0.15, 0.2) is 255 Å². The van der Waals surface area contributed by atoms with Crippen LogP contribution in [0.1, 0.15) is 0 Å². The van der Waals surface area contributed by atoms with Crippen molar-refractivity contribution in [3.8, 4) is 33.6 Å². The highest BCUT2D eigenvalue weighted by molar-refractivity contribution is 7.20. The zero-order valence-electron chi connectivity index (χ0n) is 34.6. The standard InChI is InChI=1S/C60H42N2Si/c1-6-21-43(22-7-1)45-25-18-26-47(41-45)61-55-36-20-37-56(59(55)53-40-39-46(42-57(53)61)44-23-8-2-9-24-44)62-54-35-17-16-33-51(54)52-34-19-38-58(60(52)62)63(48-27-10-3-11-28-48,49-29-12-4-13-30-49)50-31-14-5-15-32-50/h1-42H. The number of rotatable bonds is 8. The fraction of sp³-hybridized carbons (Fsp3) is 0. The molecule has 0 saturated carbocycles. The molecule has 10 aromatic carbocycles. The van der Waals surface area contributed by atoms with E-state index in [4.69, 9.17) is 0 Å². The number of hydrogen-bond acceptors (Lipinski definition) is 0. The van der Waals surface area contributed by atoms with Crippen LogP contribution < -0.4 is 20.7 Å². The van der Waals surface area contributed by atoms with Gasteiger partial charge >= 0.3 is 0 Å². The Kier molecular flexibility index (Phi) is 8.87. The Balaban J connectivity index is 1.23. The quantitative estimate of drug-likeness (QED) is 0.107. The minimum absolute atomic E-state index is 1.13. The molecule has 2 aromatic heterocycles. The van der Waals surface area contributed by atoms with E-state index in [0.717, 1.165) is 5.69 Å². The van der Waals surface area contributed by atoms with Crippen molar-refractivity contribution in [3.63, 3.8) is 0 Å². The maximum absolute atomic E-state index is 2.97. The van der Waals surface area contributed by atoms with Gasteiger partial charge in [0.15, 0.2) is 8.07 Å². The summed E-state index contributed by atoms with van der Waals surface area (Å²) in [5, 5.41) is 10.4. The molecule has 0 aliphatic rings. The highest BCUT2D eigenvalue weighted by Gasteiger charge is 2.43. The lowest BCUT2D eigenvalue weighted by molar-refractivity contribution is 1.17. The molecule has 0 fully saturated rings. The monoisotopic (exact) mass is 818 g/mol. The minimum Gasteiger partial charge on any atom is -0.309 e. The van der Waals surface area contributed by atoms with Gasteiger partial charge in [-0.1, -0.05) is 218 Å². The fourth-order valence-electron chi connectivity index (χ4n) is 10.4. The number of aromatic nitrogens is 2. The molecule has 0 unspecified atom stereocenters. The first-order valence-electron chi connectivity index (χ1n) is 21.8. The third kappa shape index (κ3) is 5.85. The number of hydrogen-bond donors (Lipinski definition) is 0. The number of fused-ring (bicyclic) bond motifs is 6. The van der Waals surface area contributed by atoms with E-state index in [0.29, 0.717) is 0 Å². The molecule has 0 atom stereocenters. The molecule has 0 bridgehead atoms. The summed E-state index contributed by atoms with van der Waals surface area (Å²) in [4.78, 5) is 0. The fourth-order valence-corrected chi connectivity index (χ4v) is 15.3. The van der Waals surface area contributed by atoms with Crippen molar-refractivity contribution < 1.29 is 0 Å². The second kappa shape index (κ2) is 15.2. The highest BCUT2D eigenvalue weighted by atomic mass is 28.3. The van der Waals surface area contributed by atoms with Crippen molar-refractivity contribution in [2.45, 2.75) is 0 Å². The highest BCUT2D eigenvalue weighted by Crippen LogP contribution is 2.41. The molecular weight excluding hydrogens is 777 g/mol. The third-order valence-corrected chi connectivity index (χ3v) is 17.9. The van der Waals surface area contributed by atoms with Crippen LogP contribution in [0.25, 0.3) is 77.2 Å². The summed E-state index contributed by atoms with van der Waals surface area (Å²) in [7, 11) is -2.97. The summed E-state index contributed by atoms with van der Waals surface area (Å²) in [5.41, 5.74) is 11.9. The molecule has 2 nitrogen and oxygen atoms in total. The van der Waals surface area contributed by atoms with Crippen LogP contribution >= 0.6 is 0 Å². The van der Waals surface area contributed by atoms with Gasteiger partial charge in [-0.2, -0.15) is 0 Å². The zero-order chi connectivity index (χ0) is 41.7. The van der Waals surface area contributed by atoms with Crippen molar-refractivity contribution in [1.82, 2.24) is 9.13 Å². The average Bonchev–Trinajstić information content (AvgIpc) is 3.89. The Bertz CT molecular complexity index is 3500. The van der Waals surface area contributed by atoms with E-state index in [-0.39, 0.29) is 0 Å². The van der Waals surface area contributed by atoms with Gasteiger partial charge in [0.2, 0.25) is 0 Å². The lowest BCUT2D eigenvalue weighted by atomic mass is 10.0. The number of nitrogens with zero attached hydrogens (tertiary/aromatic N) is 2. The Morgan fingerprint density at radius 1 is 0.286 bits per heavy atom. The summed E-state index contributed by atoms with van der Waals surface area (Å²) in [6.45, 7) is 0. The Morgan fingerprint density at radius 2 is 0.778 bits per heavy atom. The second-order valence-electron chi connectivity index (χ2n) is 16.4. The van der Waals surface area contributed by atoms with Crippen molar-refractivity contribution in [1.29, 1.82) is 0 Å². The van der Waals surface area contributed by atoms with Crippen LogP contribution in [0.4, 0.5) is 0 Å². The lowest BCUT2D eigenvalue weighted by Crippen LogP contribution is -2.75.